The molecule has 0 radical (unpaired) electrons. The predicted molar refractivity (Wildman–Crippen MR) is 115 cm³/mol. The molecule has 0 spiro atoms. The first-order valence-corrected chi connectivity index (χ1v) is 9.95. The second-order valence-electron chi connectivity index (χ2n) is 7.01. The van der Waals surface area contributed by atoms with Gasteiger partial charge in [0.05, 0.1) is 23.1 Å². The van der Waals surface area contributed by atoms with E-state index >= 15 is 0 Å². The van der Waals surface area contributed by atoms with Gasteiger partial charge in [0, 0.05) is 11.6 Å². The van der Waals surface area contributed by atoms with Crippen LogP contribution in [-0.2, 0) is 12.8 Å². The quantitative estimate of drug-likeness (QED) is 0.294. The summed E-state index contributed by atoms with van der Waals surface area (Å²) in [6, 6.07) is 13.6. The molecule has 0 aliphatic heterocycles. The van der Waals surface area contributed by atoms with Crippen LogP contribution >= 0.6 is 11.6 Å². The fourth-order valence-electron chi connectivity index (χ4n) is 3.31. The highest BCUT2D eigenvalue weighted by molar-refractivity contribution is 6.31. The summed E-state index contributed by atoms with van der Waals surface area (Å²) in [4.78, 5) is 13.0. The maximum Gasteiger partial charge on any atom is 0.450 e. The van der Waals surface area contributed by atoms with E-state index in [0.717, 1.165) is 6.07 Å². The van der Waals surface area contributed by atoms with Crippen LogP contribution in [0.2, 0.25) is 5.02 Å². The summed E-state index contributed by atoms with van der Waals surface area (Å²) in [6.45, 7) is -0.267. The minimum atomic E-state index is -4.93. The molecule has 0 bridgehead atoms. The third-order valence-electron chi connectivity index (χ3n) is 4.94. The van der Waals surface area contributed by atoms with Crippen molar-refractivity contribution in [2.45, 2.75) is 12.8 Å². The summed E-state index contributed by atoms with van der Waals surface area (Å²) in [7, 11) is 1.42. The van der Waals surface area contributed by atoms with Gasteiger partial charge in [-0.25, -0.2) is 4.39 Å². The minimum absolute atomic E-state index is 0.0355. The fraction of sp³-hybridized carbons (Fsp3) is 0.125. The molecule has 4 nitrogen and oxygen atoms in total. The van der Waals surface area contributed by atoms with Gasteiger partial charge in [0.15, 0.2) is 0 Å². The molecular weight excluding hydrogens is 464 g/mol. The van der Waals surface area contributed by atoms with E-state index in [-0.39, 0.29) is 39.5 Å². The third-order valence-corrected chi connectivity index (χ3v) is 5.30. The Balaban J connectivity index is 1.78. The normalized spacial score (nSPS) is 11.6. The zero-order valence-electron chi connectivity index (χ0n) is 17.0. The van der Waals surface area contributed by atoms with Gasteiger partial charge in [-0.1, -0.05) is 29.8 Å². The Labute approximate surface area is 189 Å². The fourth-order valence-corrected chi connectivity index (χ4v) is 3.53. The van der Waals surface area contributed by atoms with Gasteiger partial charge in [-0.05, 0) is 42.0 Å². The minimum Gasteiger partial charge on any atom is -0.497 e. The van der Waals surface area contributed by atoms with Gasteiger partial charge in [0.25, 0.3) is 0 Å². The van der Waals surface area contributed by atoms with Crippen LogP contribution < -0.4 is 14.9 Å². The van der Waals surface area contributed by atoms with E-state index < -0.39 is 28.7 Å². The highest BCUT2D eigenvalue weighted by atomic mass is 35.5. The van der Waals surface area contributed by atoms with Crippen LogP contribution in [0.3, 0.4) is 0 Å². The van der Waals surface area contributed by atoms with Crippen LogP contribution in [0.1, 0.15) is 11.3 Å². The third kappa shape index (κ3) is 4.52. The molecule has 0 saturated carbocycles. The van der Waals surface area contributed by atoms with Crippen molar-refractivity contribution in [2.75, 3.05) is 7.11 Å². The number of alkyl halides is 3. The molecule has 3 aromatic carbocycles. The second kappa shape index (κ2) is 8.78. The van der Waals surface area contributed by atoms with E-state index in [2.05, 4.69) is 0 Å². The monoisotopic (exact) mass is 478 g/mol. The topological polar surface area (TPSA) is 48.7 Å². The first kappa shape index (κ1) is 22.7. The Bertz CT molecular complexity index is 1360. The number of fused-ring (bicyclic) bond motifs is 1. The molecule has 170 valence electrons. The summed E-state index contributed by atoms with van der Waals surface area (Å²) >= 11 is 5.96. The van der Waals surface area contributed by atoms with Gasteiger partial charge in [0.2, 0.25) is 11.2 Å². The molecule has 4 aromatic rings. The van der Waals surface area contributed by atoms with Crippen LogP contribution in [0.5, 0.6) is 11.5 Å². The van der Waals surface area contributed by atoms with Crippen molar-refractivity contribution in [1.82, 2.24) is 0 Å². The lowest BCUT2D eigenvalue weighted by atomic mass is 10.0. The molecule has 0 atom stereocenters. The molecule has 0 unspecified atom stereocenters. The number of hydrogen-bond acceptors (Lipinski definition) is 4. The molecule has 33 heavy (non-hydrogen) atoms. The van der Waals surface area contributed by atoms with Crippen molar-refractivity contribution in [3.63, 3.8) is 0 Å². The standard InChI is InChI=1S/C24H15ClF4O4/c1-31-14-7-5-13(6-8-14)21-22(30)16-10-9-15(11-20(16)33-23(21)24(27,28)29)32-12-17-18(25)3-2-4-19(17)26/h2-11H,12H2,1H3. The molecule has 0 aliphatic carbocycles. The summed E-state index contributed by atoms with van der Waals surface area (Å²) in [6.07, 6.45) is -4.93. The van der Waals surface area contributed by atoms with Crippen LogP contribution in [0.15, 0.2) is 69.9 Å². The van der Waals surface area contributed by atoms with Gasteiger partial charge >= 0.3 is 6.18 Å². The van der Waals surface area contributed by atoms with Crippen LogP contribution in [0.25, 0.3) is 22.1 Å². The first-order valence-electron chi connectivity index (χ1n) is 9.57. The van der Waals surface area contributed by atoms with Crippen molar-refractivity contribution < 1.29 is 31.5 Å². The van der Waals surface area contributed by atoms with Crippen LogP contribution in [0.4, 0.5) is 17.6 Å². The molecular formula is C24H15ClF4O4. The average Bonchev–Trinajstić information content (AvgIpc) is 2.78. The number of halogens is 5. The lowest BCUT2D eigenvalue weighted by molar-refractivity contribution is -0.152. The summed E-state index contributed by atoms with van der Waals surface area (Å²) in [5, 5.41) is 0.0795. The molecule has 0 saturated heterocycles. The Morgan fingerprint density at radius 2 is 1.70 bits per heavy atom. The summed E-state index contributed by atoms with van der Waals surface area (Å²) in [5.41, 5.74) is -1.65. The number of rotatable bonds is 5. The molecule has 0 amide bonds. The van der Waals surface area contributed by atoms with Gasteiger partial charge in [-0.15, -0.1) is 0 Å². The van der Waals surface area contributed by atoms with E-state index in [1.807, 2.05) is 0 Å². The highest BCUT2D eigenvalue weighted by Gasteiger charge is 2.39. The second-order valence-corrected chi connectivity index (χ2v) is 7.42. The average molecular weight is 479 g/mol. The van der Waals surface area contributed by atoms with Crippen molar-refractivity contribution in [3.8, 4) is 22.6 Å². The summed E-state index contributed by atoms with van der Waals surface area (Å²) in [5.74, 6) is -1.51. The Morgan fingerprint density at radius 3 is 2.33 bits per heavy atom. The smallest absolute Gasteiger partial charge is 0.450 e. The number of benzene rings is 3. The van der Waals surface area contributed by atoms with Gasteiger partial charge in [-0.3, -0.25) is 4.79 Å². The predicted octanol–water partition coefficient (Wildman–Crippen LogP) is 6.86. The van der Waals surface area contributed by atoms with Gasteiger partial charge in [0.1, 0.15) is 29.5 Å². The van der Waals surface area contributed by atoms with Crippen molar-refractivity contribution in [1.29, 1.82) is 0 Å². The van der Waals surface area contributed by atoms with E-state index in [9.17, 15) is 22.4 Å². The molecule has 4 rings (SSSR count). The van der Waals surface area contributed by atoms with Gasteiger partial charge < -0.3 is 13.9 Å². The molecule has 9 heteroatoms. The highest BCUT2D eigenvalue weighted by Crippen LogP contribution is 2.38. The SMILES string of the molecule is COc1ccc(-c2c(C(F)(F)F)oc3cc(OCc4c(F)cccc4Cl)ccc3c2=O)cc1. The van der Waals surface area contributed by atoms with Crippen molar-refractivity contribution in [2.24, 2.45) is 0 Å². The van der Waals surface area contributed by atoms with Crippen LogP contribution in [-0.4, -0.2) is 7.11 Å². The van der Waals surface area contributed by atoms with E-state index in [4.69, 9.17) is 25.5 Å². The first-order chi connectivity index (χ1) is 15.7. The maximum atomic E-state index is 13.9. The maximum absolute atomic E-state index is 13.9. The summed E-state index contributed by atoms with van der Waals surface area (Å²) < 4.78 is 71.0. The van der Waals surface area contributed by atoms with E-state index in [1.165, 1.54) is 61.7 Å². The Hall–Kier alpha value is -3.52. The van der Waals surface area contributed by atoms with Crippen molar-refractivity contribution >= 4 is 22.6 Å². The Morgan fingerprint density at radius 1 is 1.00 bits per heavy atom. The number of methoxy groups -OCH3 is 1. The zero-order valence-corrected chi connectivity index (χ0v) is 17.8. The zero-order chi connectivity index (χ0) is 23.8. The molecule has 0 fully saturated rings. The number of hydrogen-bond donors (Lipinski definition) is 0. The molecule has 1 aromatic heterocycles. The largest absolute Gasteiger partial charge is 0.497 e. The lowest BCUT2D eigenvalue weighted by Crippen LogP contribution is -2.16. The lowest BCUT2D eigenvalue weighted by Gasteiger charge is -2.14. The van der Waals surface area contributed by atoms with Gasteiger partial charge in [-0.2, -0.15) is 13.2 Å². The molecule has 1 heterocycles. The number of ether oxygens (including phenoxy) is 2. The van der Waals surface area contributed by atoms with Crippen LogP contribution in [0, 0.1) is 5.82 Å². The van der Waals surface area contributed by atoms with Crippen molar-refractivity contribution in [3.05, 3.63) is 93.1 Å². The Kier molecular flexibility index (Phi) is 6.03. The molecule has 0 N–H and O–H groups in total. The molecule has 0 aliphatic rings. The van der Waals surface area contributed by atoms with E-state index in [0.29, 0.717) is 5.75 Å². The van der Waals surface area contributed by atoms with E-state index in [1.54, 1.807) is 0 Å².